The molecule has 0 heterocycles. The fourth-order valence-corrected chi connectivity index (χ4v) is 1.31. The van der Waals surface area contributed by atoms with Gasteiger partial charge in [0.15, 0.2) is 0 Å². The van der Waals surface area contributed by atoms with Crippen LogP contribution in [-0.4, -0.2) is 39.2 Å². The number of esters is 1. The SMILES string of the molecule is CCCC(=O)OC(CCl)COS(C)(=O)=O. The van der Waals surface area contributed by atoms with E-state index in [0.29, 0.717) is 6.42 Å². The smallest absolute Gasteiger partial charge is 0.306 e. The topological polar surface area (TPSA) is 69.7 Å². The molecule has 1 atom stereocenters. The lowest BCUT2D eigenvalue weighted by Crippen LogP contribution is -2.26. The Morgan fingerprint density at radius 2 is 2.07 bits per heavy atom. The van der Waals surface area contributed by atoms with E-state index in [4.69, 9.17) is 16.3 Å². The third-order valence-electron chi connectivity index (χ3n) is 1.39. The number of hydrogen-bond donors (Lipinski definition) is 0. The minimum atomic E-state index is -3.53. The van der Waals surface area contributed by atoms with Gasteiger partial charge in [0, 0.05) is 6.42 Å². The normalized spacial score (nSPS) is 13.5. The maximum absolute atomic E-state index is 11.1. The lowest BCUT2D eigenvalue weighted by atomic mass is 10.3. The lowest BCUT2D eigenvalue weighted by Gasteiger charge is -2.14. The first-order chi connectivity index (χ1) is 6.89. The molecule has 1 unspecified atom stereocenters. The van der Waals surface area contributed by atoms with Crippen LogP contribution in [0.4, 0.5) is 0 Å². The van der Waals surface area contributed by atoms with Crippen molar-refractivity contribution in [1.82, 2.24) is 0 Å². The standard InChI is InChI=1S/C8H15ClO5S/c1-3-4-8(10)14-7(5-9)6-13-15(2,11)12/h7H,3-6H2,1-2H3. The summed E-state index contributed by atoms with van der Waals surface area (Å²) in [4.78, 5) is 11.1. The Labute approximate surface area is 94.8 Å². The van der Waals surface area contributed by atoms with Crippen LogP contribution in [0, 0.1) is 0 Å². The summed E-state index contributed by atoms with van der Waals surface area (Å²) in [6, 6.07) is 0. The molecular weight excluding hydrogens is 244 g/mol. The molecule has 0 aliphatic carbocycles. The zero-order valence-electron chi connectivity index (χ0n) is 8.73. The number of carbonyl (C=O) groups excluding carboxylic acids is 1. The number of rotatable bonds is 7. The highest BCUT2D eigenvalue weighted by atomic mass is 35.5. The van der Waals surface area contributed by atoms with Gasteiger partial charge in [-0.2, -0.15) is 8.42 Å². The van der Waals surface area contributed by atoms with Crippen LogP contribution in [-0.2, 0) is 23.8 Å². The Morgan fingerprint density at radius 1 is 1.47 bits per heavy atom. The molecule has 0 spiro atoms. The van der Waals surface area contributed by atoms with Crippen molar-refractivity contribution in [3.8, 4) is 0 Å². The van der Waals surface area contributed by atoms with Gasteiger partial charge in [0.2, 0.25) is 0 Å². The van der Waals surface area contributed by atoms with Crippen LogP contribution in [0.2, 0.25) is 0 Å². The monoisotopic (exact) mass is 258 g/mol. The molecule has 5 nitrogen and oxygen atoms in total. The van der Waals surface area contributed by atoms with Crippen LogP contribution in [0.15, 0.2) is 0 Å². The Balaban J connectivity index is 3.98. The van der Waals surface area contributed by atoms with E-state index in [1.54, 1.807) is 0 Å². The van der Waals surface area contributed by atoms with Crippen LogP contribution in [0.1, 0.15) is 19.8 Å². The molecule has 7 heteroatoms. The Hall–Kier alpha value is -0.330. The molecule has 0 amide bonds. The van der Waals surface area contributed by atoms with Crippen LogP contribution >= 0.6 is 11.6 Å². The highest BCUT2D eigenvalue weighted by Gasteiger charge is 2.15. The van der Waals surface area contributed by atoms with E-state index in [9.17, 15) is 13.2 Å². The summed E-state index contributed by atoms with van der Waals surface area (Å²) >= 11 is 5.49. The van der Waals surface area contributed by atoms with Gasteiger partial charge in [-0.15, -0.1) is 11.6 Å². The van der Waals surface area contributed by atoms with Crippen molar-refractivity contribution < 1.29 is 22.1 Å². The van der Waals surface area contributed by atoms with E-state index >= 15 is 0 Å². The third kappa shape index (κ3) is 8.65. The molecule has 0 aliphatic heterocycles. The van der Waals surface area contributed by atoms with Crippen molar-refractivity contribution in [3.63, 3.8) is 0 Å². The quantitative estimate of drug-likeness (QED) is 0.386. The highest BCUT2D eigenvalue weighted by molar-refractivity contribution is 7.85. The summed E-state index contributed by atoms with van der Waals surface area (Å²) in [5, 5.41) is 0. The van der Waals surface area contributed by atoms with Gasteiger partial charge in [0.05, 0.1) is 12.1 Å². The van der Waals surface area contributed by atoms with E-state index in [-0.39, 0.29) is 18.9 Å². The first-order valence-electron chi connectivity index (χ1n) is 4.49. The minimum Gasteiger partial charge on any atom is -0.459 e. The highest BCUT2D eigenvalue weighted by Crippen LogP contribution is 2.02. The fourth-order valence-electron chi connectivity index (χ4n) is 0.758. The van der Waals surface area contributed by atoms with Crippen molar-refractivity contribution in [2.75, 3.05) is 18.7 Å². The molecule has 0 saturated heterocycles. The minimum absolute atomic E-state index is 0.00493. The average Bonchev–Trinajstić information content (AvgIpc) is 2.11. The van der Waals surface area contributed by atoms with Crippen molar-refractivity contribution in [1.29, 1.82) is 0 Å². The summed E-state index contributed by atoms with van der Waals surface area (Å²) in [6.45, 7) is 1.60. The molecule has 0 bridgehead atoms. The second kappa shape index (κ2) is 7.03. The summed E-state index contributed by atoms with van der Waals surface area (Å²) in [7, 11) is -3.53. The van der Waals surface area contributed by atoms with Crippen LogP contribution in [0.25, 0.3) is 0 Å². The van der Waals surface area contributed by atoms with Crippen LogP contribution < -0.4 is 0 Å². The number of carbonyl (C=O) groups is 1. The zero-order chi connectivity index (χ0) is 11.9. The Morgan fingerprint density at radius 3 is 2.47 bits per heavy atom. The van der Waals surface area contributed by atoms with E-state index in [1.807, 2.05) is 6.92 Å². The van der Waals surface area contributed by atoms with E-state index in [1.165, 1.54) is 0 Å². The van der Waals surface area contributed by atoms with E-state index < -0.39 is 22.2 Å². The molecule has 0 aromatic carbocycles. The van der Waals surface area contributed by atoms with Crippen molar-refractivity contribution in [2.24, 2.45) is 0 Å². The van der Waals surface area contributed by atoms with Gasteiger partial charge in [-0.3, -0.25) is 8.98 Å². The molecule has 0 rings (SSSR count). The maximum atomic E-state index is 11.1. The zero-order valence-corrected chi connectivity index (χ0v) is 10.3. The fraction of sp³-hybridized carbons (Fsp3) is 0.875. The van der Waals surface area contributed by atoms with Crippen LogP contribution in [0.5, 0.6) is 0 Å². The predicted octanol–water partition coefficient (Wildman–Crippen LogP) is 0.913. The molecule has 0 N–H and O–H groups in total. The van der Waals surface area contributed by atoms with Crippen molar-refractivity contribution in [2.45, 2.75) is 25.9 Å². The van der Waals surface area contributed by atoms with Gasteiger partial charge in [0.25, 0.3) is 10.1 Å². The molecule has 0 saturated carbocycles. The van der Waals surface area contributed by atoms with Gasteiger partial charge < -0.3 is 4.74 Å². The number of hydrogen-bond acceptors (Lipinski definition) is 5. The summed E-state index contributed by atoms with van der Waals surface area (Å²) in [5.41, 5.74) is 0. The molecule has 0 aliphatic rings. The predicted molar refractivity (Wildman–Crippen MR) is 56.3 cm³/mol. The molecule has 15 heavy (non-hydrogen) atoms. The number of alkyl halides is 1. The molecule has 0 fully saturated rings. The summed E-state index contributed by atoms with van der Waals surface area (Å²) in [5.74, 6) is -0.398. The van der Waals surface area contributed by atoms with Crippen molar-refractivity contribution >= 4 is 27.7 Å². The van der Waals surface area contributed by atoms with Gasteiger partial charge in [0.1, 0.15) is 12.7 Å². The second-order valence-electron chi connectivity index (χ2n) is 3.00. The van der Waals surface area contributed by atoms with E-state index in [2.05, 4.69) is 4.18 Å². The molecule has 0 aromatic rings. The first-order valence-corrected chi connectivity index (χ1v) is 6.84. The Bertz CT molecular complexity index is 287. The number of ether oxygens (including phenoxy) is 1. The van der Waals surface area contributed by atoms with Gasteiger partial charge in [-0.05, 0) is 6.42 Å². The average molecular weight is 259 g/mol. The second-order valence-corrected chi connectivity index (χ2v) is 4.96. The molecule has 0 radical (unpaired) electrons. The molecular formula is C8H15ClO5S. The third-order valence-corrected chi connectivity index (χ3v) is 2.30. The van der Waals surface area contributed by atoms with E-state index in [0.717, 1.165) is 6.26 Å². The Kier molecular flexibility index (Phi) is 6.87. The maximum Gasteiger partial charge on any atom is 0.306 e. The van der Waals surface area contributed by atoms with Gasteiger partial charge in [-0.1, -0.05) is 6.92 Å². The van der Waals surface area contributed by atoms with Crippen LogP contribution in [0.3, 0.4) is 0 Å². The molecule has 0 aromatic heterocycles. The molecule has 90 valence electrons. The summed E-state index contributed by atoms with van der Waals surface area (Å²) < 4.78 is 30.7. The lowest BCUT2D eigenvalue weighted by molar-refractivity contribution is -0.149. The first kappa shape index (κ1) is 14.7. The largest absolute Gasteiger partial charge is 0.459 e. The van der Waals surface area contributed by atoms with Gasteiger partial charge >= 0.3 is 5.97 Å². The van der Waals surface area contributed by atoms with Gasteiger partial charge in [-0.25, -0.2) is 0 Å². The number of halogens is 1. The summed E-state index contributed by atoms with van der Waals surface area (Å²) in [6.07, 6.45) is 1.15. The van der Waals surface area contributed by atoms with Crippen molar-refractivity contribution in [3.05, 3.63) is 0 Å².